The lowest BCUT2D eigenvalue weighted by atomic mass is 9.98. The predicted molar refractivity (Wildman–Crippen MR) is 116 cm³/mol. The van der Waals surface area contributed by atoms with Gasteiger partial charge in [0, 0.05) is 22.6 Å². The van der Waals surface area contributed by atoms with Gasteiger partial charge in [0.25, 0.3) is 0 Å². The minimum Gasteiger partial charge on any atom is -0.307 e. The van der Waals surface area contributed by atoms with E-state index in [4.69, 9.17) is 16.6 Å². The molecule has 4 nitrogen and oxygen atoms in total. The molecule has 0 fully saturated rings. The fourth-order valence-electron chi connectivity index (χ4n) is 3.38. The lowest BCUT2D eigenvalue weighted by molar-refractivity contribution is 0.628. The fourth-order valence-corrected chi connectivity index (χ4v) is 4.59. The number of aryl methyl sites for hydroxylation is 1. The first-order valence-electron chi connectivity index (χ1n) is 8.85. The van der Waals surface area contributed by atoms with Crippen molar-refractivity contribution in [1.82, 2.24) is 15.0 Å². The summed E-state index contributed by atoms with van der Waals surface area (Å²) in [6, 6.07) is 15.2. The Labute approximate surface area is 173 Å². The number of fused-ring (bicyclic) bond motifs is 2. The van der Waals surface area contributed by atoms with Crippen LogP contribution in [0.4, 0.5) is 4.39 Å². The minimum atomic E-state index is -0.325. The molecule has 0 aliphatic carbocycles. The smallest absolute Gasteiger partial charge is 0.249 e. The Kier molecular flexibility index (Phi) is 4.19. The molecule has 0 spiro atoms. The van der Waals surface area contributed by atoms with Gasteiger partial charge in [-0.25, -0.2) is 14.4 Å². The van der Waals surface area contributed by atoms with Gasteiger partial charge < -0.3 is 4.98 Å². The summed E-state index contributed by atoms with van der Waals surface area (Å²) in [5, 5.41) is 2.29. The van der Waals surface area contributed by atoms with Gasteiger partial charge in [-0.2, -0.15) is 0 Å². The fraction of sp³-hybridized carbons (Fsp3) is 0.0455. The lowest BCUT2D eigenvalue weighted by Crippen LogP contribution is -2.04. The first-order valence-corrected chi connectivity index (χ1v) is 10.0. The first kappa shape index (κ1) is 18.0. The van der Waals surface area contributed by atoms with Crippen LogP contribution in [-0.4, -0.2) is 15.0 Å². The highest BCUT2D eigenvalue weighted by Crippen LogP contribution is 2.38. The number of hydrogen-bond donors (Lipinski definition) is 1. The molecule has 0 saturated heterocycles. The number of hydrogen-bond acceptors (Lipinski definition) is 4. The summed E-state index contributed by atoms with van der Waals surface area (Å²) in [6.45, 7) is 1.94. The van der Waals surface area contributed by atoms with Gasteiger partial charge in [0.05, 0.1) is 20.4 Å². The summed E-state index contributed by atoms with van der Waals surface area (Å²) in [7, 11) is 0. The molecule has 0 aliphatic heterocycles. The van der Waals surface area contributed by atoms with E-state index in [1.54, 1.807) is 29.5 Å². The Balaban J connectivity index is 1.84. The highest BCUT2D eigenvalue weighted by atomic mass is 35.5. The molecule has 0 saturated carbocycles. The Hall–Kier alpha value is -3.09. The number of nitrogens with zero attached hydrogens (tertiary/aromatic N) is 2. The SMILES string of the molecule is Cc1nc2c(Cl)cc(-c3cc4ccc(=O)[nH]c4nc3-c3ccc(F)cc3)cc2s1. The maximum absolute atomic E-state index is 13.5. The van der Waals surface area contributed by atoms with Crippen LogP contribution in [0.3, 0.4) is 0 Å². The highest BCUT2D eigenvalue weighted by Gasteiger charge is 2.15. The molecule has 0 radical (unpaired) electrons. The van der Waals surface area contributed by atoms with Crippen molar-refractivity contribution in [3.63, 3.8) is 0 Å². The number of aromatic nitrogens is 3. The average molecular weight is 422 g/mol. The zero-order valence-corrected chi connectivity index (χ0v) is 16.7. The Morgan fingerprint density at radius 2 is 1.79 bits per heavy atom. The van der Waals surface area contributed by atoms with Crippen LogP contribution >= 0.6 is 22.9 Å². The molecular weight excluding hydrogens is 409 g/mol. The van der Waals surface area contributed by atoms with Gasteiger partial charge in [-0.05, 0) is 61.0 Å². The van der Waals surface area contributed by atoms with E-state index >= 15 is 0 Å². The Morgan fingerprint density at radius 3 is 2.59 bits per heavy atom. The van der Waals surface area contributed by atoms with Crippen LogP contribution in [-0.2, 0) is 0 Å². The standard InChI is InChI=1S/C22H13ClFN3OS/c1-11-25-21-17(23)9-14(10-18(21)29-11)16-8-13-4-7-19(28)26-22(13)27-20(16)12-2-5-15(24)6-3-12/h2-10H,1H3,(H,26,27,28). The molecule has 2 aromatic carbocycles. The summed E-state index contributed by atoms with van der Waals surface area (Å²) in [5.74, 6) is -0.325. The van der Waals surface area contributed by atoms with Crippen molar-refractivity contribution in [3.8, 4) is 22.4 Å². The van der Waals surface area contributed by atoms with Crippen LogP contribution in [0.15, 0.2) is 59.4 Å². The zero-order chi connectivity index (χ0) is 20.1. The number of aromatic amines is 1. The summed E-state index contributed by atoms with van der Waals surface area (Å²) in [6.07, 6.45) is 0. The molecule has 5 aromatic rings. The van der Waals surface area contributed by atoms with Crippen LogP contribution in [0.2, 0.25) is 5.02 Å². The number of thiazole rings is 1. The molecule has 0 atom stereocenters. The van der Waals surface area contributed by atoms with Gasteiger partial charge in [0.1, 0.15) is 17.0 Å². The number of benzene rings is 2. The largest absolute Gasteiger partial charge is 0.307 e. The third kappa shape index (κ3) is 3.20. The van der Waals surface area contributed by atoms with Gasteiger partial charge in [0.15, 0.2) is 0 Å². The summed E-state index contributed by atoms with van der Waals surface area (Å²) >= 11 is 8.08. The second-order valence-electron chi connectivity index (χ2n) is 6.69. The van der Waals surface area contributed by atoms with Crippen LogP contribution in [0, 0.1) is 12.7 Å². The molecule has 0 amide bonds. The number of nitrogens with one attached hydrogen (secondary N) is 1. The van der Waals surface area contributed by atoms with E-state index in [1.807, 2.05) is 25.1 Å². The van der Waals surface area contributed by atoms with E-state index in [-0.39, 0.29) is 11.4 Å². The van der Waals surface area contributed by atoms with E-state index in [1.165, 1.54) is 18.2 Å². The molecule has 142 valence electrons. The maximum Gasteiger partial charge on any atom is 0.249 e. The summed E-state index contributed by atoms with van der Waals surface area (Å²) in [4.78, 5) is 23.7. The number of pyridine rings is 2. The molecule has 0 aliphatic rings. The first-order chi connectivity index (χ1) is 14.0. The van der Waals surface area contributed by atoms with Gasteiger partial charge in [0.2, 0.25) is 5.56 Å². The van der Waals surface area contributed by atoms with E-state index in [0.717, 1.165) is 37.3 Å². The van der Waals surface area contributed by atoms with Crippen LogP contribution in [0.25, 0.3) is 43.6 Å². The molecule has 29 heavy (non-hydrogen) atoms. The van der Waals surface area contributed by atoms with Crippen molar-refractivity contribution in [2.75, 3.05) is 0 Å². The minimum absolute atomic E-state index is 0.229. The average Bonchev–Trinajstić information content (AvgIpc) is 3.08. The van der Waals surface area contributed by atoms with Crippen molar-refractivity contribution in [2.24, 2.45) is 0 Å². The van der Waals surface area contributed by atoms with Crippen molar-refractivity contribution < 1.29 is 4.39 Å². The van der Waals surface area contributed by atoms with Crippen molar-refractivity contribution >= 4 is 44.2 Å². The van der Waals surface area contributed by atoms with E-state index in [0.29, 0.717) is 16.4 Å². The van der Waals surface area contributed by atoms with Crippen LogP contribution in [0.1, 0.15) is 5.01 Å². The number of rotatable bonds is 2. The molecule has 0 unspecified atom stereocenters. The molecular formula is C22H13ClFN3OS. The third-order valence-corrected chi connectivity index (χ3v) is 5.90. The highest BCUT2D eigenvalue weighted by molar-refractivity contribution is 7.18. The second kappa shape index (κ2) is 6.76. The van der Waals surface area contributed by atoms with Gasteiger partial charge in [-0.15, -0.1) is 11.3 Å². The van der Waals surface area contributed by atoms with Crippen molar-refractivity contribution in [1.29, 1.82) is 0 Å². The third-order valence-electron chi connectivity index (χ3n) is 4.69. The normalized spacial score (nSPS) is 11.4. The molecule has 0 bridgehead atoms. The zero-order valence-electron chi connectivity index (χ0n) is 15.2. The van der Waals surface area contributed by atoms with E-state index < -0.39 is 0 Å². The molecule has 1 N–H and O–H groups in total. The van der Waals surface area contributed by atoms with Crippen molar-refractivity contribution in [3.05, 3.63) is 80.8 Å². The van der Waals surface area contributed by atoms with Crippen LogP contribution in [0.5, 0.6) is 0 Å². The monoisotopic (exact) mass is 421 g/mol. The molecule has 3 heterocycles. The second-order valence-corrected chi connectivity index (χ2v) is 8.33. The number of H-pyrrole nitrogens is 1. The van der Waals surface area contributed by atoms with Gasteiger partial charge >= 0.3 is 0 Å². The predicted octanol–water partition coefficient (Wildman–Crippen LogP) is 5.97. The molecule has 7 heteroatoms. The Bertz CT molecular complexity index is 1460. The summed E-state index contributed by atoms with van der Waals surface area (Å²) < 4.78 is 14.5. The van der Waals surface area contributed by atoms with Gasteiger partial charge in [-0.1, -0.05) is 11.6 Å². The summed E-state index contributed by atoms with van der Waals surface area (Å²) in [5.41, 5.74) is 4.12. The number of halogens is 2. The topological polar surface area (TPSA) is 58.6 Å². The quantitative estimate of drug-likeness (QED) is 0.382. The molecule has 3 aromatic heterocycles. The van der Waals surface area contributed by atoms with Crippen molar-refractivity contribution in [2.45, 2.75) is 6.92 Å². The van der Waals surface area contributed by atoms with Gasteiger partial charge in [-0.3, -0.25) is 4.79 Å². The van der Waals surface area contributed by atoms with Crippen LogP contribution < -0.4 is 5.56 Å². The van der Waals surface area contributed by atoms with E-state index in [2.05, 4.69) is 9.97 Å². The molecule has 5 rings (SSSR count). The maximum atomic E-state index is 13.5. The van der Waals surface area contributed by atoms with E-state index in [9.17, 15) is 9.18 Å². The Morgan fingerprint density at radius 1 is 1.00 bits per heavy atom. The lowest BCUT2D eigenvalue weighted by Gasteiger charge is -2.12.